The predicted molar refractivity (Wildman–Crippen MR) is 76.3 cm³/mol. The summed E-state index contributed by atoms with van der Waals surface area (Å²) < 4.78 is 19.1. The second kappa shape index (κ2) is 7.81. The molecule has 0 saturated heterocycles. The lowest BCUT2D eigenvalue weighted by Crippen LogP contribution is -2.33. The summed E-state index contributed by atoms with van der Waals surface area (Å²) in [6.45, 7) is 5.93. The van der Waals surface area contributed by atoms with Crippen molar-refractivity contribution in [1.29, 1.82) is 0 Å². The van der Waals surface area contributed by atoms with E-state index in [0.29, 0.717) is 24.3 Å². The Morgan fingerprint density at radius 2 is 2.20 bits per heavy atom. The van der Waals surface area contributed by atoms with Gasteiger partial charge in [-0.25, -0.2) is 4.39 Å². The van der Waals surface area contributed by atoms with Crippen LogP contribution >= 0.6 is 0 Å². The number of hydrogen-bond acceptors (Lipinski definition) is 4. The van der Waals surface area contributed by atoms with Crippen LogP contribution in [-0.2, 0) is 11.3 Å². The lowest BCUT2D eigenvalue weighted by molar-refractivity contribution is 0.124. The largest absolute Gasteiger partial charge is 0.409 e. The first-order valence-electron chi connectivity index (χ1n) is 6.49. The van der Waals surface area contributed by atoms with Gasteiger partial charge in [0.05, 0.1) is 6.61 Å². The van der Waals surface area contributed by atoms with Gasteiger partial charge in [0, 0.05) is 37.4 Å². The van der Waals surface area contributed by atoms with Crippen molar-refractivity contribution in [3.8, 4) is 0 Å². The van der Waals surface area contributed by atoms with Crippen molar-refractivity contribution < 1.29 is 14.3 Å². The number of nitrogens with two attached hydrogens (primary N) is 1. The quantitative estimate of drug-likeness (QED) is 0.346. The molecule has 0 fully saturated rings. The van der Waals surface area contributed by atoms with Gasteiger partial charge >= 0.3 is 0 Å². The van der Waals surface area contributed by atoms with Crippen molar-refractivity contribution in [3.05, 3.63) is 35.1 Å². The van der Waals surface area contributed by atoms with Gasteiger partial charge in [0.1, 0.15) is 5.82 Å². The smallest absolute Gasteiger partial charge is 0.170 e. The molecule has 1 aromatic rings. The highest BCUT2D eigenvalue weighted by Gasteiger charge is 2.13. The minimum absolute atomic E-state index is 0.101. The number of ether oxygens (including phenoxy) is 1. The Morgan fingerprint density at radius 1 is 1.50 bits per heavy atom. The van der Waals surface area contributed by atoms with Gasteiger partial charge in [-0.05, 0) is 19.9 Å². The number of hydrogen-bond donors (Lipinski definition) is 2. The summed E-state index contributed by atoms with van der Waals surface area (Å²) in [7, 11) is 1.64. The lowest BCUT2D eigenvalue weighted by Gasteiger charge is -2.26. The fourth-order valence-electron chi connectivity index (χ4n) is 1.84. The maximum Gasteiger partial charge on any atom is 0.170 e. The molecule has 0 aliphatic carbocycles. The van der Waals surface area contributed by atoms with Crippen molar-refractivity contribution in [2.75, 3.05) is 20.3 Å². The zero-order valence-corrected chi connectivity index (χ0v) is 12.1. The molecular formula is C14H22FN3O2. The van der Waals surface area contributed by atoms with Gasteiger partial charge < -0.3 is 15.7 Å². The van der Waals surface area contributed by atoms with E-state index >= 15 is 0 Å². The number of benzene rings is 1. The molecule has 6 heteroatoms. The highest BCUT2D eigenvalue weighted by Crippen LogP contribution is 2.14. The number of amidine groups is 1. The van der Waals surface area contributed by atoms with Crippen LogP contribution in [-0.4, -0.2) is 42.2 Å². The fraction of sp³-hybridized carbons (Fsp3) is 0.500. The second-order valence-electron chi connectivity index (χ2n) is 4.85. The van der Waals surface area contributed by atoms with Crippen molar-refractivity contribution in [1.82, 2.24) is 4.90 Å². The Bertz CT molecular complexity index is 464. The van der Waals surface area contributed by atoms with Crippen LogP contribution < -0.4 is 5.73 Å². The first kappa shape index (κ1) is 16.4. The minimum atomic E-state index is -0.364. The molecule has 0 aliphatic rings. The van der Waals surface area contributed by atoms with Crippen LogP contribution in [0, 0.1) is 5.82 Å². The van der Waals surface area contributed by atoms with Crippen LogP contribution in [0.1, 0.15) is 25.0 Å². The average molecular weight is 283 g/mol. The number of halogens is 1. The van der Waals surface area contributed by atoms with Gasteiger partial charge in [-0.3, -0.25) is 4.90 Å². The molecule has 5 nitrogen and oxygen atoms in total. The van der Waals surface area contributed by atoms with E-state index in [1.165, 1.54) is 6.07 Å². The van der Waals surface area contributed by atoms with Crippen molar-refractivity contribution in [3.63, 3.8) is 0 Å². The maximum absolute atomic E-state index is 14.0. The van der Waals surface area contributed by atoms with Crippen LogP contribution in [0.2, 0.25) is 0 Å². The molecule has 0 saturated carbocycles. The van der Waals surface area contributed by atoms with Crippen molar-refractivity contribution in [2.24, 2.45) is 10.9 Å². The Labute approximate surface area is 118 Å². The molecule has 0 radical (unpaired) electrons. The van der Waals surface area contributed by atoms with Gasteiger partial charge in [-0.1, -0.05) is 17.3 Å². The summed E-state index contributed by atoms with van der Waals surface area (Å²) >= 11 is 0. The van der Waals surface area contributed by atoms with E-state index in [9.17, 15) is 4.39 Å². The average Bonchev–Trinajstić information content (AvgIpc) is 2.43. The number of rotatable bonds is 7. The Hall–Kier alpha value is -1.66. The van der Waals surface area contributed by atoms with Gasteiger partial charge in [0.15, 0.2) is 5.84 Å². The molecule has 0 heterocycles. The van der Waals surface area contributed by atoms with Crippen LogP contribution in [0.25, 0.3) is 0 Å². The molecule has 0 aromatic heterocycles. The third-order valence-electron chi connectivity index (χ3n) is 3.14. The molecule has 1 rings (SSSR count). The maximum atomic E-state index is 14.0. The third kappa shape index (κ3) is 4.47. The summed E-state index contributed by atoms with van der Waals surface area (Å²) in [6.07, 6.45) is 0. The summed E-state index contributed by atoms with van der Waals surface area (Å²) in [5, 5.41) is 11.4. The molecule has 0 unspecified atom stereocenters. The van der Waals surface area contributed by atoms with E-state index in [-0.39, 0.29) is 17.7 Å². The highest BCUT2D eigenvalue weighted by molar-refractivity contribution is 5.97. The van der Waals surface area contributed by atoms with Crippen LogP contribution in [0.5, 0.6) is 0 Å². The van der Waals surface area contributed by atoms with Gasteiger partial charge in [0.25, 0.3) is 0 Å². The van der Waals surface area contributed by atoms with Crippen LogP contribution in [0.4, 0.5) is 4.39 Å². The van der Waals surface area contributed by atoms with E-state index < -0.39 is 0 Å². The van der Waals surface area contributed by atoms with Crippen molar-refractivity contribution in [2.45, 2.75) is 26.4 Å². The summed E-state index contributed by atoms with van der Waals surface area (Å²) in [6, 6.07) is 4.86. The number of oxime groups is 1. The Morgan fingerprint density at radius 3 is 2.70 bits per heavy atom. The monoisotopic (exact) mass is 283 g/mol. The molecule has 112 valence electrons. The normalized spacial score (nSPS) is 12.4. The predicted octanol–water partition coefficient (Wildman–Crippen LogP) is 1.78. The fourth-order valence-corrected chi connectivity index (χ4v) is 1.84. The number of methoxy groups -OCH3 is 1. The zero-order chi connectivity index (χ0) is 15.1. The van der Waals surface area contributed by atoms with Crippen LogP contribution in [0.15, 0.2) is 23.4 Å². The number of nitrogens with zero attached hydrogens (tertiary/aromatic N) is 2. The first-order valence-corrected chi connectivity index (χ1v) is 6.49. The molecule has 0 amide bonds. The SMILES string of the molecule is COCCN(Cc1ccc(/C(N)=N/O)cc1F)C(C)C. The highest BCUT2D eigenvalue weighted by atomic mass is 19.1. The van der Waals surface area contributed by atoms with E-state index in [1.807, 2.05) is 0 Å². The lowest BCUT2D eigenvalue weighted by atomic mass is 10.1. The molecule has 0 atom stereocenters. The summed E-state index contributed by atoms with van der Waals surface area (Å²) in [4.78, 5) is 2.12. The van der Waals surface area contributed by atoms with Crippen molar-refractivity contribution >= 4 is 5.84 Å². The van der Waals surface area contributed by atoms with Crippen LogP contribution in [0.3, 0.4) is 0 Å². The van der Waals surface area contributed by atoms with E-state index in [0.717, 1.165) is 6.54 Å². The molecule has 3 N–H and O–H groups in total. The van der Waals surface area contributed by atoms with E-state index in [1.54, 1.807) is 19.2 Å². The standard InChI is InChI=1S/C14H22FN3O2/c1-10(2)18(6-7-20-3)9-12-5-4-11(8-13(12)15)14(16)17-19/h4-5,8,10,19H,6-7,9H2,1-3H3,(H2,16,17). The second-order valence-corrected chi connectivity index (χ2v) is 4.85. The molecular weight excluding hydrogens is 261 g/mol. The molecule has 0 spiro atoms. The Balaban J connectivity index is 2.85. The molecule has 0 aliphatic heterocycles. The van der Waals surface area contributed by atoms with Gasteiger partial charge in [-0.15, -0.1) is 0 Å². The topological polar surface area (TPSA) is 71.1 Å². The molecule has 20 heavy (non-hydrogen) atoms. The Kier molecular flexibility index (Phi) is 6.41. The van der Waals surface area contributed by atoms with E-state index in [2.05, 4.69) is 23.9 Å². The summed E-state index contributed by atoms with van der Waals surface area (Å²) in [5.74, 6) is -0.465. The molecule has 0 bridgehead atoms. The zero-order valence-electron chi connectivity index (χ0n) is 12.1. The first-order chi connectivity index (χ1) is 9.49. The van der Waals surface area contributed by atoms with Gasteiger partial charge in [-0.2, -0.15) is 0 Å². The van der Waals surface area contributed by atoms with E-state index in [4.69, 9.17) is 15.7 Å². The molecule has 1 aromatic carbocycles. The van der Waals surface area contributed by atoms with Gasteiger partial charge in [0.2, 0.25) is 0 Å². The minimum Gasteiger partial charge on any atom is -0.409 e. The third-order valence-corrected chi connectivity index (χ3v) is 3.14. The summed E-state index contributed by atoms with van der Waals surface area (Å²) in [5.41, 5.74) is 6.37.